The zero-order chi connectivity index (χ0) is 13.9. The first kappa shape index (κ1) is 13.5. The smallest absolute Gasteiger partial charge is 0.132 e. The largest absolute Gasteiger partial charge is 0.507 e. The maximum Gasteiger partial charge on any atom is 0.132 e. The van der Waals surface area contributed by atoms with Gasteiger partial charge in [-0.2, -0.15) is 0 Å². The van der Waals surface area contributed by atoms with E-state index in [1.54, 1.807) is 24.7 Å². The van der Waals surface area contributed by atoms with Crippen molar-refractivity contribution in [3.05, 3.63) is 30.7 Å². The Bertz CT molecular complexity index is 528. The van der Waals surface area contributed by atoms with E-state index in [0.717, 1.165) is 12.1 Å². The molecule has 0 fully saturated rings. The van der Waals surface area contributed by atoms with E-state index < -0.39 is 0 Å². The van der Waals surface area contributed by atoms with Gasteiger partial charge in [0.2, 0.25) is 0 Å². The molecule has 0 spiro atoms. The van der Waals surface area contributed by atoms with Gasteiger partial charge in [-0.1, -0.05) is 26.8 Å². The summed E-state index contributed by atoms with van der Waals surface area (Å²) in [6.07, 6.45) is 4.21. The van der Waals surface area contributed by atoms with Crippen molar-refractivity contribution < 1.29 is 9.84 Å². The summed E-state index contributed by atoms with van der Waals surface area (Å²) >= 11 is 0. The molecule has 102 valence electrons. The number of benzene rings is 1. The van der Waals surface area contributed by atoms with Gasteiger partial charge in [0.25, 0.3) is 0 Å². The number of rotatable bonds is 4. The highest BCUT2D eigenvalue weighted by atomic mass is 16.5. The Hall–Kier alpha value is -1.97. The highest BCUT2D eigenvalue weighted by Crippen LogP contribution is 2.36. The van der Waals surface area contributed by atoms with Gasteiger partial charge >= 0.3 is 0 Å². The number of aromatic hydroxyl groups is 1. The summed E-state index contributed by atoms with van der Waals surface area (Å²) in [5, 5.41) is 9.99. The van der Waals surface area contributed by atoms with Gasteiger partial charge in [-0.3, -0.25) is 0 Å². The molecule has 0 radical (unpaired) electrons. The molecule has 4 heteroatoms. The van der Waals surface area contributed by atoms with Crippen LogP contribution in [0.3, 0.4) is 0 Å². The van der Waals surface area contributed by atoms with Gasteiger partial charge in [0.05, 0.1) is 30.4 Å². The van der Waals surface area contributed by atoms with E-state index in [-0.39, 0.29) is 11.2 Å². The van der Waals surface area contributed by atoms with Crippen LogP contribution in [0.4, 0.5) is 0 Å². The summed E-state index contributed by atoms with van der Waals surface area (Å²) in [5.41, 5.74) is 1.64. The van der Waals surface area contributed by atoms with Crippen molar-refractivity contribution in [1.29, 1.82) is 0 Å². The number of ether oxygens (including phenoxy) is 1. The van der Waals surface area contributed by atoms with Crippen LogP contribution >= 0.6 is 0 Å². The third-order valence-corrected chi connectivity index (χ3v) is 2.88. The average molecular weight is 260 g/mol. The van der Waals surface area contributed by atoms with Crippen molar-refractivity contribution in [1.82, 2.24) is 9.97 Å². The molecular formula is C15H20N2O2. The molecule has 1 aromatic carbocycles. The number of nitrogens with zero attached hydrogens (tertiary/aromatic N) is 1. The van der Waals surface area contributed by atoms with Crippen molar-refractivity contribution in [3.8, 4) is 22.8 Å². The first-order chi connectivity index (χ1) is 8.97. The first-order valence-electron chi connectivity index (χ1n) is 6.41. The van der Waals surface area contributed by atoms with Gasteiger partial charge in [0.15, 0.2) is 0 Å². The predicted molar refractivity (Wildman–Crippen MR) is 75.3 cm³/mol. The second kappa shape index (κ2) is 5.34. The van der Waals surface area contributed by atoms with Crippen LogP contribution in [0.15, 0.2) is 30.7 Å². The Morgan fingerprint density at radius 3 is 2.74 bits per heavy atom. The van der Waals surface area contributed by atoms with Crippen molar-refractivity contribution in [2.75, 3.05) is 6.61 Å². The van der Waals surface area contributed by atoms with E-state index in [1.165, 1.54) is 0 Å². The topological polar surface area (TPSA) is 58.1 Å². The molecule has 1 aromatic heterocycles. The molecule has 0 bridgehead atoms. The molecule has 1 heterocycles. The summed E-state index contributed by atoms with van der Waals surface area (Å²) in [5.74, 6) is 0.867. The van der Waals surface area contributed by atoms with Gasteiger partial charge in [-0.15, -0.1) is 0 Å². The molecule has 0 aliphatic rings. The molecule has 0 saturated heterocycles. The zero-order valence-corrected chi connectivity index (χ0v) is 11.6. The number of phenolic OH excluding ortho intramolecular Hbond substituents is 1. The van der Waals surface area contributed by atoms with Gasteiger partial charge in [0, 0.05) is 0 Å². The third-order valence-electron chi connectivity index (χ3n) is 2.88. The SMILES string of the molecule is CC(C)(C)CCOc1cccc(O)c1-c1cnc[nH]1. The number of phenols is 1. The Balaban J connectivity index is 2.19. The van der Waals surface area contributed by atoms with E-state index in [4.69, 9.17) is 4.74 Å². The minimum atomic E-state index is 0.192. The fourth-order valence-electron chi connectivity index (χ4n) is 1.77. The molecule has 0 aliphatic heterocycles. The molecule has 4 nitrogen and oxygen atoms in total. The lowest BCUT2D eigenvalue weighted by molar-refractivity contribution is 0.243. The van der Waals surface area contributed by atoms with E-state index in [2.05, 4.69) is 30.7 Å². The Morgan fingerprint density at radius 2 is 2.11 bits per heavy atom. The number of nitrogens with one attached hydrogen (secondary N) is 1. The van der Waals surface area contributed by atoms with E-state index in [9.17, 15) is 5.11 Å². The van der Waals surface area contributed by atoms with Crippen LogP contribution in [0.2, 0.25) is 0 Å². The average Bonchev–Trinajstić information content (AvgIpc) is 2.80. The number of H-pyrrole nitrogens is 1. The van der Waals surface area contributed by atoms with Crippen LogP contribution in [-0.2, 0) is 0 Å². The molecule has 0 amide bonds. The van der Waals surface area contributed by atoms with E-state index in [1.807, 2.05) is 6.07 Å². The van der Waals surface area contributed by atoms with E-state index >= 15 is 0 Å². The number of hydrogen-bond donors (Lipinski definition) is 2. The van der Waals surface area contributed by atoms with Crippen LogP contribution in [0.25, 0.3) is 11.3 Å². The number of aromatic nitrogens is 2. The molecule has 2 rings (SSSR count). The standard InChI is InChI=1S/C15H20N2O2/c1-15(2,3)7-8-19-13-6-4-5-12(18)14(13)11-9-16-10-17-11/h4-6,9-10,18H,7-8H2,1-3H3,(H,16,17). The molecule has 0 atom stereocenters. The summed E-state index contributed by atoms with van der Waals surface area (Å²) in [6.45, 7) is 7.14. The fraction of sp³-hybridized carbons (Fsp3) is 0.400. The first-order valence-corrected chi connectivity index (χ1v) is 6.41. The molecule has 0 aliphatic carbocycles. The van der Waals surface area contributed by atoms with Gasteiger partial charge in [-0.25, -0.2) is 4.98 Å². The van der Waals surface area contributed by atoms with Gasteiger partial charge in [0.1, 0.15) is 11.5 Å². The van der Waals surface area contributed by atoms with Crippen molar-refractivity contribution in [3.63, 3.8) is 0 Å². The lowest BCUT2D eigenvalue weighted by atomic mass is 9.93. The molecule has 2 N–H and O–H groups in total. The Morgan fingerprint density at radius 1 is 1.32 bits per heavy atom. The van der Waals surface area contributed by atoms with Crippen molar-refractivity contribution >= 4 is 0 Å². The van der Waals surface area contributed by atoms with Gasteiger partial charge in [-0.05, 0) is 24.0 Å². The number of hydrogen-bond acceptors (Lipinski definition) is 3. The summed E-state index contributed by atoms with van der Waals surface area (Å²) in [4.78, 5) is 6.97. The summed E-state index contributed by atoms with van der Waals surface area (Å²) in [7, 11) is 0. The second-order valence-electron chi connectivity index (χ2n) is 5.77. The highest BCUT2D eigenvalue weighted by Gasteiger charge is 2.14. The van der Waals surface area contributed by atoms with Crippen LogP contribution in [0, 0.1) is 5.41 Å². The summed E-state index contributed by atoms with van der Waals surface area (Å²) in [6, 6.07) is 5.28. The number of imidazole rings is 1. The maximum atomic E-state index is 9.99. The van der Waals surface area contributed by atoms with Crippen LogP contribution in [-0.4, -0.2) is 21.7 Å². The Kier molecular flexibility index (Phi) is 3.79. The van der Waals surface area contributed by atoms with E-state index in [0.29, 0.717) is 17.9 Å². The van der Waals surface area contributed by atoms with Gasteiger partial charge < -0.3 is 14.8 Å². The molecule has 0 saturated carbocycles. The van der Waals surface area contributed by atoms with Crippen LogP contribution < -0.4 is 4.74 Å². The minimum absolute atomic E-state index is 0.192. The van der Waals surface area contributed by atoms with Crippen LogP contribution in [0.1, 0.15) is 27.2 Å². The number of aromatic amines is 1. The van der Waals surface area contributed by atoms with Crippen molar-refractivity contribution in [2.24, 2.45) is 5.41 Å². The predicted octanol–water partition coefficient (Wildman–Crippen LogP) is 3.60. The second-order valence-corrected chi connectivity index (χ2v) is 5.77. The third kappa shape index (κ3) is 3.50. The van der Waals surface area contributed by atoms with Crippen molar-refractivity contribution in [2.45, 2.75) is 27.2 Å². The normalized spacial score (nSPS) is 11.5. The molecule has 2 aromatic rings. The summed E-state index contributed by atoms with van der Waals surface area (Å²) < 4.78 is 5.81. The Labute approximate surface area is 113 Å². The zero-order valence-electron chi connectivity index (χ0n) is 11.6. The minimum Gasteiger partial charge on any atom is -0.507 e. The monoisotopic (exact) mass is 260 g/mol. The van der Waals surface area contributed by atoms with Crippen LogP contribution in [0.5, 0.6) is 11.5 Å². The molecular weight excluding hydrogens is 240 g/mol. The quantitative estimate of drug-likeness (QED) is 0.883. The lowest BCUT2D eigenvalue weighted by Gasteiger charge is -2.19. The fourth-order valence-corrected chi connectivity index (χ4v) is 1.77. The highest BCUT2D eigenvalue weighted by molar-refractivity contribution is 5.73. The lowest BCUT2D eigenvalue weighted by Crippen LogP contribution is -2.11. The maximum absolute atomic E-state index is 9.99. The molecule has 0 unspecified atom stereocenters. The molecule has 19 heavy (non-hydrogen) atoms.